The molecule has 2 rings (SSSR count). The number of rotatable bonds is 0. The Morgan fingerprint density at radius 1 is 1.31 bits per heavy atom. The van der Waals surface area contributed by atoms with E-state index in [-0.39, 0.29) is 21.3 Å². The van der Waals surface area contributed by atoms with Crippen LogP contribution >= 0.6 is 50.7 Å². The lowest BCUT2D eigenvalue weighted by atomic mass is 10.3. The van der Waals surface area contributed by atoms with Gasteiger partial charge in [0, 0.05) is 6.07 Å². The monoisotopic (exact) mass is 348 g/mol. The molecule has 1 aromatic heterocycles. The average Bonchev–Trinajstić information content (AvgIpc) is 2.57. The molecule has 0 saturated heterocycles. The zero-order valence-electron chi connectivity index (χ0n) is 7.29. The van der Waals surface area contributed by atoms with Gasteiger partial charge in [0.15, 0.2) is 11.6 Å². The van der Waals surface area contributed by atoms with Gasteiger partial charge in [-0.15, -0.1) is 0 Å². The molecule has 1 heterocycles. The Morgan fingerprint density at radius 3 is 2.50 bits per heavy atom. The first-order valence-electron chi connectivity index (χ1n) is 3.91. The van der Waals surface area contributed by atoms with Crippen LogP contribution < -0.4 is 0 Å². The van der Waals surface area contributed by atoms with Crippen molar-refractivity contribution in [3.63, 3.8) is 0 Å². The number of H-pyrrole nitrogens is 1. The molecular weight excluding hydrogens is 348 g/mol. The molecule has 1 N–H and O–H groups in total. The number of halogens is 6. The number of hydrogen-bond donors (Lipinski definition) is 1. The summed E-state index contributed by atoms with van der Waals surface area (Å²) in [7, 11) is 0. The molecular formula is C8H2BrCl3F2N2. The highest BCUT2D eigenvalue weighted by atomic mass is 79.9. The van der Waals surface area contributed by atoms with Gasteiger partial charge in [-0.05, 0) is 15.9 Å². The first-order chi connectivity index (χ1) is 7.30. The van der Waals surface area contributed by atoms with Gasteiger partial charge in [-0.25, -0.2) is 13.8 Å². The van der Waals surface area contributed by atoms with Crippen LogP contribution in [0.4, 0.5) is 8.78 Å². The number of benzene rings is 1. The number of alkyl halides is 3. The Morgan fingerprint density at radius 2 is 1.94 bits per heavy atom. The van der Waals surface area contributed by atoms with E-state index in [0.29, 0.717) is 0 Å². The molecule has 0 unspecified atom stereocenters. The Kier molecular flexibility index (Phi) is 3.07. The van der Waals surface area contributed by atoms with E-state index in [1.807, 2.05) is 0 Å². The zero-order chi connectivity index (χ0) is 12.1. The molecule has 0 spiro atoms. The highest BCUT2D eigenvalue weighted by Crippen LogP contribution is 2.38. The van der Waals surface area contributed by atoms with Crippen molar-refractivity contribution in [3.05, 3.63) is 28.0 Å². The van der Waals surface area contributed by atoms with Gasteiger partial charge in [0.1, 0.15) is 11.3 Å². The fourth-order valence-corrected chi connectivity index (χ4v) is 1.76. The second-order valence-electron chi connectivity index (χ2n) is 2.97. The molecule has 0 fully saturated rings. The molecule has 1 aromatic carbocycles. The van der Waals surface area contributed by atoms with Crippen LogP contribution in [0.5, 0.6) is 0 Å². The van der Waals surface area contributed by atoms with Crippen molar-refractivity contribution in [2.24, 2.45) is 0 Å². The van der Waals surface area contributed by atoms with Crippen molar-refractivity contribution in [3.8, 4) is 0 Å². The standard InChI is InChI=1S/C8H2BrCl3F2N2/c9-4-2(13)1-3-6(5(4)14)16-7(15-3)8(10,11)12/h1H,(H,15,16). The quantitative estimate of drug-likeness (QED) is 0.553. The van der Waals surface area contributed by atoms with Crippen LogP contribution in [-0.2, 0) is 3.79 Å². The van der Waals surface area contributed by atoms with Gasteiger partial charge in [0.05, 0.1) is 9.99 Å². The largest absolute Gasteiger partial charge is 0.338 e. The van der Waals surface area contributed by atoms with Gasteiger partial charge in [0.25, 0.3) is 0 Å². The number of aromatic amines is 1. The summed E-state index contributed by atoms with van der Waals surface area (Å²) in [5.41, 5.74) is 0.0362. The molecule has 2 nitrogen and oxygen atoms in total. The Labute approximate surface area is 112 Å². The number of nitrogens with one attached hydrogen (secondary N) is 1. The third-order valence-corrected chi connectivity index (χ3v) is 3.15. The molecule has 8 heteroatoms. The van der Waals surface area contributed by atoms with E-state index >= 15 is 0 Å². The summed E-state index contributed by atoms with van der Waals surface area (Å²) in [5, 5.41) is 0. The van der Waals surface area contributed by atoms with Crippen LogP contribution in [0.25, 0.3) is 11.0 Å². The highest BCUT2D eigenvalue weighted by Gasteiger charge is 2.28. The molecule has 0 aliphatic heterocycles. The first-order valence-corrected chi connectivity index (χ1v) is 5.84. The third-order valence-electron chi connectivity index (χ3n) is 1.88. The van der Waals surface area contributed by atoms with Gasteiger partial charge >= 0.3 is 0 Å². The summed E-state index contributed by atoms with van der Waals surface area (Å²) in [6.07, 6.45) is 0. The summed E-state index contributed by atoms with van der Waals surface area (Å²) in [4.78, 5) is 6.30. The van der Waals surface area contributed by atoms with E-state index in [0.717, 1.165) is 6.07 Å². The number of imidazole rings is 1. The summed E-state index contributed by atoms with van der Waals surface area (Å²) >= 11 is 19.5. The Bertz CT molecular complexity index is 564. The summed E-state index contributed by atoms with van der Waals surface area (Å²) < 4.78 is 24.6. The number of nitrogens with zero attached hydrogens (tertiary/aromatic N) is 1. The van der Waals surface area contributed by atoms with Gasteiger partial charge in [-0.1, -0.05) is 34.8 Å². The Hall–Kier alpha value is -0.100. The van der Waals surface area contributed by atoms with Crippen LogP contribution in [0.1, 0.15) is 5.82 Å². The molecule has 0 aliphatic carbocycles. The molecule has 0 saturated carbocycles. The third kappa shape index (κ3) is 2.01. The summed E-state index contributed by atoms with van der Waals surface area (Å²) in [6, 6.07) is 1.06. The molecule has 0 amide bonds. The lowest BCUT2D eigenvalue weighted by molar-refractivity contribution is 0.579. The molecule has 86 valence electrons. The molecule has 2 aromatic rings. The SMILES string of the molecule is Fc1cc2[nH]c(C(Cl)(Cl)Cl)nc2c(F)c1Br. The van der Waals surface area contributed by atoms with Gasteiger partial charge < -0.3 is 4.98 Å². The maximum absolute atomic E-state index is 13.6. The summed E-state index contributed by atoms with van der Waals surface area (Å²) in [6.45, 7) is 0. The van der Waals surface area contributed by atoms with E-state index in [1.54, 1.807) is 0 Å². The molecule has 0 atom stereocenters. The molecule has 0 bridgehead atoms. The van der Waals surface area contributed by atoms with E-state index in [4.69, 9.17) is 34.8 Å². The van der Waals surface area contributed by atoms with E-state index in [2.05, 4.69) is 25.9 Å². The maximum atomic E-state index is 13.6. The number of aromatic nitrogens is 2. The zero-order valence-corrected chi connectivity index (χ0v) is 11.1. The Balaban J connectivity index is 2.77. The van der Waals surface area contributed by atoms with Crippen molar-refractivity contribution in [2.45, 2.75) is 3.79 Å². The minimum absolute atomic E-state index is 0.0658. The lowest BCUT2D eigenvalue weighted by Crippen LogP contribution is -2.02. The fraction of sp³-hybridized carbons (Fsp3) is 0.125. The second kappa shape index (κ2) is 3.98. The van der Waals surface area contributed by atoms with Gasteiger partial charge in [0.2, 0.25) is 3.79 Å². The minimum atomic E-state index is -1.81. The van der Waals surface area contributed by atoms with Crippen molar-refractivity contribution in [1.82, 2.24) is 9.97 Å². The normalized spacial score (nSPS) is 12.4. The van der Waals surface area contributed by atoms with Gasteiger partial charge in [-0.3, -0.25) is 0 Å². The number of fused-ring (bicyclic) bond motifs is 1. The van der Waals surface area contributed by atoms with Crippen LogP contribution in [0.2, 0.25) is 0 Å². The average molecular weight is 350 g/mol. The van der Waals surface area contributed by atoms with Crippen LogP contribution in [0, 0.1) is 11.6 Å². The second-order valence-corrected chi connectivity index (χ2v) is 6.04. The first kappa shape index (κ1) is 12.4. The molecule has 0 aliphatic rings. The van der Waals surface area contributed by atoms with Crippen molar-refractivity contribution in [2.75, 3.05) is 0 Å². The predicted molar refractivity (Wildman–Crippen MR) is 62.9 cm³/mol. The van der Waals surface area contributed by atoms with Crippen molar-refractivity contribution in [1.29, 1.82) is 0 Å². The van der Waals surface area contributed by atoms with Crippen LogP contribution in [0.15, 0.2) is 10.5 Å². The van der Waals surface area contributed by atoms with Gasteiger partial charge in [-0.2, -0.15) is 0 Å². The predicted octanol–water partition coefficient (Wildman–Crippen LogP) is 4.43. The topological polar surface area (TPSA) is 28.7 Å². The van der Waals surface area contributed by atoms with E-state index < -0.39 is 15.4 Å². The van der Waals surface area contributed by atoms with Crippen LogP contribution in [0.3, 0.4) is 0 Å². The molecule has 0 radical (unpaired) electrons. The van der Waals surface area contributed by atoms with E-state index in [9.17, 15) is 8.78 Å². The molecule has 16 heavy (non-hydrogen) atoms. The van der Waals surface area contributed by atoms with Crippen LogP contribution in [-0.4, -0.2) is 9.97 Å². The number of hydrogen-bond acceptors (Lipinski definition) is 1. The fourth-order valence-electron chi connectivity index (χ4n) is 1.19. The maximum Gasteiger partial charge on any atom is 0.248 e. The highest BCUT2D eigenvalue weighted by molar-refractivity contribution is 9.10. The summed E-state index contributed by atoms with van der Waals surface area (Å²) in [5.74, 6) is -1.67. The van der Waals surface area contributed by atoms with Crippen molar-refractivity contribution < 1.29 is 8.78 Å². The minimum Gasteiger partial charge on any atom is -0.338 e. The van der Waals surface area contributed by atoms with Crippen molar-refractivity contribution >= 4 is 61.8 Å². The lowest BCUT2D eigenvalue weighted by Gasteiger charge is -2.04. The van der Waals surface area contributed by atoms with E-state index in [1.165, 1.54) is 0 Å². The smallest absolute Gasteiger partial charge is 0.248 e.